The van der Waals surface area contributed by atoms with Gasteiger partial charge in [0, 0.05) is 6.07 Å². The molecule has 0 fully saturated rings. The summed E-state index contributed by atoms with van der Waals surface area (Å²) >= 11 is 5.29. The first-order valence-electron chi connectivity index (χ1n) is 5.30. The summed E-state index contributed by atoms with van der Waals surface area (Å²) in [4.78, 5) is 7.12. The van der Waals surface area contributed by atoms with Gasteiger partial charge in [-0.3, -0.25) is 0 Å². The van der Waals surface area contributed by atoms with Crippen LogP contribution in [0.4, 0.5) is 0 Å². The van der Waals surface area contributed by atoms with Gasteiger partial charge in [-0.2, -0.15) is 4.98 Å². The molecule has 0 spiro atoms. The first kappa shape index (κ1) is 11.0. The zero-order valence-corrected chi connectivity index (χ0v) is 10.4. The number of H-pyrrole nitrogens is 1. The fourth-order valence-corrected chi connectivity index (χ4v) is 2.09. The fourth-order valence-electron chi connectivity index (χ4n) is 1.82. The van der Waals surface area contributed by atoms with Crippen molar-refractivity contribution in [3.63, 3.8) is 0 Å². The molecule has 1 aromatic carbocycles. The molecule has 92 valence electrons. The summed E-state index contributed by atoms with van der Waals surface area (Å²) < 4.78 is 12.4. The molecule has 3 rings (SSSR count). The lowest BCUT2D eigenvalue weighted by Gasteiger charge is -2.02. The second-order valence-corrected chi connectivity index (χ2v) is 4.13. The molecule has 2 heterocycles. The van der Waals surface area contributed by atoms with Crippen LogP contribution >= 0.6 is 12.2 Å². The Kier molecular flexibility index (Phi) is 2.60. The quantitative estimate of drug-likeness (QED) is 0.732. The number of benzene rings is 1. The van der Waals surface area contributed by atoms with Crippen molar-refractivity contribution in [2.45, 2.75) is 6.54 Å². The maximum absolute atomic E-state index is 5.29. The van der Waals surface area contributed by atoms with Gasteiger partial charge in [-0.05, 0) is 24.4 Å². The zero-order valence-electron chi connectivity index (χ0n) is 9.58. The van der Waals surface area contributed by atoms with Crippen LogP contribution in [0.5, 0.6) is 5.75 Å². The van der Waals surface area contributed by atoms with Gasteiger partial charge >= 0.3 is 0 Å². The smallest absolute Gasteiger partial charge is 0.213 e. The lowest BCUT2D eigenvalue weighted by molar-refractivity contribution is 0.408. The molecule has 0 radical (unpaired) electrons. The van der Waals surface area contributed by atoms with Crippen molar-refractivity contribution < 1.29 is 9.26 Å². The third-order valence-corrected chi connectivity index (χ3v) is 3.01. The normalized spacial score (nSPS) is 10.9. The summed E-state index contributed by atoms with van der Waals surface area (Å²) in [5, 5.41) is 3.78. The van der Waals surface area contributed by atoms with E-state index in [9.17, 15) is 0 Å². The van der Waals surface area contributed by atoms with E-state index in [4.69, 9.17) is 21.5 Å². The molecular weight excluding hydrogens is 252 g/mol. The summed E-state index contributed by atoms with van der Waals surface area (Å²) in [5.41, 5.74) is 1.90. The molecule has 0 saturated heterocycles. The van der Waals surface area contributed by atoms with Gasteiger partial charge in [0.1, 0.15) is 5.75 Å². The fraction of sp³-hybridized carbons (Fsp3) is 0.182. The number of imidazole rings is 1. The SMILES string of the molecule is COc1ccc2[nH]c(=S)n(Cc3ncon3)c2c1. The van der Waals surface area contributed by atoms with Crippen LogP contribution < -0.4 is 4.74 Å². The second-order valence-electron chi connectivity index (χ2n) is 3.75. The van der Waals surface area contributed by atoms with Crippen LogP contribution in [-0.4, -0.2) is 26.8 Å². The highest BCUT2D eigenvalue weighted by molar-refractivity contribution is 7.71. The molecule has 0 aliphatic carbocycles. The number of methoxy groups -OCH3 is 1. The summed E-state index contributed by atoms with van der Waals surface area (Å²) in [7, 11) is 1.63. The monoisotopic (exact) mass is 262 g/mol. The first-order valence-corrected chi connectivity index (χ1v) is 5.70. The molecule has 18 heavy (non-hydrogen) atoms. The van der Waals surface area contributed by atoms with Gasteiger partial charge in [0.15, 0.2) is 10.6 Å². The lowest BCUT2D eigenvalue weighted by Crippen LogP contribution is -2.01. The number of ether oxygens (including phenoxy) is 1. The first-order chi connectivity index (χ1) is 8.78. The minimum Gasteiger partial charge on any atom is -0.497 e. The second kappa shape index (κ2) is 4.26. The molecule has 0 aliphatic rings. The van der Waals surface area contributed by atoms with Gasteiger partial charge in [0.25, 0.3) is 0 Å². The van der Waals surface area contributed by atoms with E-state index in [1.165, 1.54) is 6.39 Å². The maximum atomic E-state index is 5.29. The van der Waals surface area contributed by atoms with Gasteiger partial charge < -0.3 is 18.8 Å². The number of hydrogen-bond donors (Lipinski definition) is 1. The Morgan fingerprint density at radius 1 is 1.50 bits per heavy atom. The topological polar surface area (TPSA) is 68.9 Å². The molecule has 0 unspecified atom stereocenters. The van der Waals surface area contributed by atoms with Crippen LogP contribution in [0.15, 0.2) is 29.1 Å². The Balaban J connectivity index is 2.14. The largest absolute Gasteiger partial charge is 0.497 e. The van der Waals surface area contributed by atoms with Crippen molar-refractivity contribution in [3.05, 3.63) is 35.2 Å². The summed E-state index contributed by atoms with van der Waals surface area (Å²) in [6.45, 7) is 0.461. The Hall–Kier alpha value is -2.15. The van der Waals surface area contributed by atoms with Crippen molar-refractivity contribution in [2.75, 3.05) is 7.11 Å². The van der Waals surface area contributed by atoms with Gasteiger partial charge in [-0.25, -0.2) is 0 Å². The van der Waals surface area contributed by atoms with Crippen LogP contribution in [0.25, 0.3) is 11.0 Å². The Morgan fingerprint density at radius 3 is 3.11 bits per heavy atom. The van der Waals surface area contributed by atoms with Crippen molar-refractivity contribution >= 4 is 23.3 Å². The molecule has 0 amide bonds. The summed E-state index contributed by atoms with van der Waals surface area (Å²) in [5.74, 6) is 1.35. The van der Waals surface area contributed by atoms with Crippen LogP contribution in [0.1, 0.15) is 5.82 Å². The average molecular weight is 262 g/mol. The van der Waals surface area contributed by atoms with Crippen molar-refractivity contribution in [1.82, 2.24) is 19.7 Å². The predicted molar refractivity (Wildman–Crippen MR) is 67.1 cm³/mol. The van der Waals surface area contributed by atoms with Gasteiger partial charge in [0.05, 0.1) is 24.7 Å². The third kappa shape index (κ3) is 1.78. The minimum atomic E-state index is 0.461. The van der Waals surface area contributed by atoms with Crippen molar-refractivity contribution in [2.24, 2.45) is 0 Å². The van der Waals surface area contributed by atoms with Gasteiger partial charge in [0.2, 0.25) is 6.39 Å². The zero-order chi connectivity index (χ0) is 12.5. The van der Waals surface area contributed by atoms with Gasteiger partial charge in [-0.15, -0.1) is 0 Å². The number of nitrogens with zero attached hydrogens (tertiary/aromatic N) is 3. The predicted octanol–water partition coefficient (Wildman–Crippen LogP) is 2.14. The van der Waals surface area contributed by atoms with E-state index in [0.29, 0.717) is 17.1 Å². The summed E-state index contributed by atoms with van der Waals surface area (Å²) in [6, 6.07) is 5.73. The highest BCUT2D eigenvalue weighted by Crippen LogP contribution is 2.21. The Morgan fingerprint density at radius 2 is 2.39 bits per heavy atom. The highest BCUT2D eigenvalue weighted by atomic mass is 32.1. The van der Waals surface area contributed by atoms with E-state index in [1.54, 1.807) is 7.11 Å². The molecule has 0 bridgehead atoms. The molecule has 7 heteroatoms. The third-order valence-electron chi connectivity index (χ3n) is 2.69. The van der Waals surface area contributed by atoms with Crippen LogP contribution in [-0.2, 0) is 6.54 Å². The minimum absolute atomic E-state index is 0.461. The molecule has 0 saturated carbocycles. The number of nitrogens with one attached hydrogen (secondary N) is 1. The van der Waals surface area contributed by atoms with Crippen LogP contribution in [0.2, 0.25) is 0 Å². The Bertz CT molecular complexity index is 729. The number of aromatic nitrogens is 4. The number of rotatable bonds is 3. The molecular formula is C11H10N4O2S. The van der Waals surface area contributed by atoms with E-state index < -0.39 is 0 Å². The van der Waals surface area contributed by atoms with Gasteiger partial charge in [-0.1, -0.05) is 5.16 Å². The van der Waals surface area contributed by atoms with E-state index in [1.807, 2.05) is 22.8 Å². The molecule has 2 aromatic heterocycles. The van der Waals surface area contributed by atoms with E-state index in [0.717, 1.165) is 16.8 Å². The molecule has 0 atom stereocenters. The maximum Gasteiger partial charge on any atom is 0.213 e. The Labute approximate surface area is 107 Å². The van der Waals surface area contributed by atoms with E-state index in [2.05, 4.69) is 15.1 Å². The summed E-state index contributed by atoms with van der Waals surface area (Å²) in [6.07, 6.45) is 1.30. The number of hydrogen-bond acceptors (Lipinski definition) is 5. The molecule has 6 nitrogen and oxygen atoms in total. The molecule has 0 aliphatic heterocycles. The standard InChI is InChI=1S/C11H10N4O2S/c1-16-7-2-3-8-9(4-7)15(11(18)13-8)5-10-12-6-17-14-10/h2-4,6H,5H2,1H3,(H,13,18). The average Bonchev–Trinajstić information content (AvgIpc) is 2.99. The molecule has 3 aromatic rings. The number of aromatic amines is 1. The van der Waals surface area contributed by atoms with E-state index in [-0.39, 0.29) is 0 Å². The highest BCUT2D eigenvalue weighted by Gasteiger charge is 2.08. The number of fused-ring (bicyclic) bond motifs is 1. The lowest BCUT2D eigenvalue weighted by atomic mass is 10.3. The van der Waals surface area contributed by atoms with Crippen LogP contribution in [0, 0.1) is 4.77 Å². The van der Waals surface area contributed by atoms with Crippen LogP contribution in [0.3, 0.4) is 0 Å². The van der Waals surface area contributed by atoms with Crippen molar-refractivity contribution in [3.8, 4) is 5.75 Å². The molecule has 1 N–H and O–H groups in total. The van der Waals surface area contributed by atoms with E-state index >= 15 is 0 Å². The van der Waals surface area contributed by atoms with Crippen molar-refractivity contribution in [1.29, 1.82) is 0 Å².